The fourth-order valence-electron chi connectivity index (χ4n) is 1.34. The first-order valence-corrected chi connectivity index (χ1v) is 5.06. The maximum absolute atomic E-state index is 10.6. The molecule has 0 bridgehead atoms. The molecule has 0 radical (unpaired) electrons. The zero-order valence-electron chi connectivity index (χ0n) is 9.18. The van der Waals surface area contributed by atoms with Gasteiger partial charge in [0.1, 0.15) is 6.04 Å². The minimum Gasteiger partial charge on any atom is -0.394 e. The van der Waals surface area contributed by atoms with Gasteiger partial charge in [0.05, 0.1) is 11.5 Å². The van der Waals surface area contributed by atoms with E-state index in [0.717, 1.165) is 0 Å². The number of hydrogen-bond acceptors (Lipinski definition) is 7. The molecule has 1 atom stereocenters. The molecule has 0 saturated heterocycles. The molecule has 0 spiro atoms. The number of benzene rings is 1. The van der Waals surface area contributed by atoms with E-state index in [4.69, 9.17) is 15.4 Å². The highest BCUT2D eigenvalue weighted by Crippen LogP contribution is 2.22. The Morgan fingerprint density at radius 1 is 1.56 bits per heavy atom. The number of nitrogens with zero attached hydrogens (tertiary/aromatic N) is 3. The quantitative estimate of drug-likeness (QED) is 0.601. The summed E-state index contributed by atoms with van der Waals surface area (Å²) in [6, 6.07) is 5.08. The first-order chi connectivity index (χ1) is 8.61. The van der Waals surface area contributed by atoms with Crippen LogP contribution in [0.2, 0.25) is 0 Å². The Balaban J connectivity index is 2.34. The molecule has 1 aromatic heterocycles. The summed E-state index contributed by atoms with van der Waals surface area (Å²) < 4.78 is 4.86. The molecule has 1 aromatic carbocycles. The van der Waals surface area contributed by atoms with E-state index in [2.05, 4.69) is 10.1 Å². The number of non-ortho nitro benzene ring substituents is 1. The Morgan fingerprint density at radius 3 is 3.00 bits per heavy atom. The van der Waals surface area contributed by atoms with Gasteiger partial charge in [-0.25, -0.2) is 0 Å². The van der Waals surface area contributed by atoms with Crippen molar-refractivity contribution in [1.29, 1.82) is 0 Å². The van der Waals surface area contributed by atoms with Gasteiger partial charge in [0, 0.05) is 17.7 Å². The molecule has 18 heavy (non-hydrogen) atoms. The number of aliphatic hydroxyl groups excluding tert-OH is 1. The molecule has 8 heteroatoms. The highest BCUT2D eigenvalue weighted by Gasteiger charge is 2.16. The Morgan fingerprint density at radius 2 is 2.33 bits per heavy atom. The lowest BCUT2D eigenvalue weighted by Gasteiger charge is -1.98. The van der Waals surface area contributed by atoms with Crippen LogP contribution in [-0.2, 0) is 0 Å². The molecule has 2 aromatic rings. The van der Waals surface area contributed by atoms with Gasteiger partial charge in [-0.1, -0.05) is 17.3 Å². The summed E-state index contributed by atoms with van der Waals surface area (Å²) in [7, 11) is 0. The second kappa shape index (κ2) is 4.90. The molecule has 94 valence electrons. The summed E-state index contributed by atoms with van der Waals surface area (Å²) in [5.41, 5.74) is 5.89. The summed E-state index contributed by atoms with van der Waals surface area (Å²) >= 11 is 0. The SMILES string of the molecule is N[C@H](CO)c1nc(-c2cccc([N+](=O)[O-])c2)no1. The second-order valence-corrected chi connectivity index (χ2v) is 3.55. The predicted molar refractivity (Wildman–Crippen MR) is 60.4 cm³/mol. The van der Waals surface area contributed by atoms with Gasteiger partial charge in [-0.2, -0.15) is 4.98 Å². The van der Waals surface area contributed by atoms with Crippen molar-refractivity contribution in [2.24, 2.45) is 5.73 Å². The lowest BCUT2D eigenvalue weighted by atomic mass is 10.2. The Labute approximate surface area is 101 Å². The van der Waals surface area contributed by atoms with Crippen LogP contribution in [0, 0.1) is 10.1 Å². The van der Waals surface area contributed by atoms with Crippen molar-refractivity contribution in [2.75, 3.05) is 6.61 Å². The van der Waals surface area contributed by atoms with Gasteiger partial charge in [-0.3, -0.25) is 10.1 Å². The molecule has 0 aliphatic heterocycles. The summed E-state index contributed by atoms with van der Waals surface area (Å²) in [5.74, 6) is 0.275. The van der Waals surface area contributed by atoms with Crippen LogP contribution in [0.1, 0.15) is 11.9 Å². The second-order valence-electron chi connectivity index (χ2n) is 3.55. The Hall–Kier alpha value is -2.32. The molecule has 8 nitrogen and oxygen atoms in total. The molecule has 3 N–H and O–H groups in total. The Bertz CT molecular complexity index is 569. The molecule has 0 aliphatic carbocycles. The van der Waals surface area contributed by atoms with Crippen molar-refractivity contribution in [1.82, 2.24) is 10.1 Å². The van der Waals surface area contributed by atoms with Crippen LogP contribution in [0.4, 0.5) is 5.69 Å². The topological polar surface area (TPSA) is 128 Å². The van der Waals surface area contributed by atoms with Crippen LogP contribution >= 0.6 is 0 Å². The van der Waals surface area contributed by atoms with Crippen molar-refractivity contribution >= 4 is 5.69 Å². The van der Waals surface area contributed by atoms with Gasteiger partial charge in [-0.15, -0.1) is 0 Å². The molecule has 0 amide bonds. The van der Waals surface area contributed by atoms with Gasteiger partial charge < -0.3 is 15.4 Å². The molecule has 1 heterocycles. The minimum atomic E-state index is -0.759. The summed E-state index contributed by atoms with van der Waals surface area (Å²) in [6.07, 6.45) is 0. The van der Waals surface area contributed by atoms with Crippen LogP contribution in [0.15, 0.2) is 28.8 Å². The third kappa shape index (κ3) is 2.34. The number of aromatic nitrogens is 2. The van der Waals surface area contributed by atoms with Crippen LogP contribution in [-0.4, -0.2) is 26.8 Å². The lowest BCUT2D eigenvalue weighted by Crippen LogP contribution is -2.14. The number of nitro groups is 1. The minimum absolute atomic E-state index is 0.0645. The molecular weight excluding hydrogens is 240 g/mol. The summed E-state index contributed by atoms with van der Waals surface area (Å²) in [6.45, 7) is -0.323. The average Bonchev–Trinajstić information content (AvgIpc) is 2.87. The first kappa shape index (κ1) is 12.1. The fraction of sp³-hybridized carbons (Fsp3) is 0.200. The maximum atomic E-state index is 10.6. The van der Waals surface area contributed by atoms with Crippen LogP contribution in [0.25, 0.3) is 11.4 Å². The van der Waals surface area contributed by atoms with Crippen molar-refractivity contribution in [3.63, 3.8) is 0 Å². The molecule has 0 unspecified atom stereocenters. The van der Waals surface area contributed by atoms with Gasteiger partial charge in [0.15, 0.2) is 0 Å². The zero-order chi connectivity index (χ0) is 13.1. The monoisotopic (exact) mass is 250 g/mol. The third-order valence-electron chi connectivity index (χ3n) is 2.27. The fourth-order valence-corrected chi connectivity index (χ4v) is 1.34. The van der Waals surface area contributed by atoms with Gasteiger partial charge in [-0.05, 0) is 0 Å². The van der Waals surface area contributed by atoms with E-state index in [1.54, 1.807) is 6.07 Å². The third-order valence-corrected chi connectivity index (χ3v) is 2.27. The van der Waals surface area contributed by atoms with Gasteiger partial charge >= 0.3 is 0 Å². The van der Waals surface area contributed by atoms with Crippen LogP contribution in [0.5, 0.6) is 0 Å². The van der Waals surface area contributed by atoms with Crippen LogP contribution < -0.4 is 5.73 Å². The van der Waals surface area contributed by atoms with E-state index in [1.807, 2.05) is 0 Å². The van der Waals surface area contributed by atoms with Crippen molar-refractivity contribution < 1.29 is 14.6 Å². The number of nitrogens with two attached hydrogens (primary N) is 1. The lowest BCUT2D eigenvalue weighted by molar-refractivity contribution is -0.384. The molecule has 2 rings (SSSR count). The number of aliphatic hydroxyl groups is 1. The number of rotatable bonds is 4. The van der Waals surface area contributed by atoms with E-state index in [1.165, 1.54) is 18.2 Å². The molecule has 0 fully saturated rings. The summed E-state index contributed by atoms with van der Waals surface area (Å²) in [5, 5.41) is 23.1. The van der Waals surface area contributed by atoms with Gasteiger partial charge in [0.25, 0.3) is 5.69 Å². The standard InChI is InChI=1S/C10H10N4O4/c11-8(5-15)10-12-9(13-18-10)6-2-1-3-7(4-6)14(16)17/h1-4,8,15H,5,11H2/t8-/m1/s1. The first-order valence-electron chi connectivity index (χ1n) is 5.06. The van der Waals surface area contributed by atoms with E-state index in [0.29, 0.717) is 5.56 Å². The smallest absolute Gasteiger partial charge is 0.270 e. The number of hydrogen-bond donors (Lipinski definition) is 2. The summed E-state index contributed by atoms with van der Waals surface area (Å²) in [4.78, 5) is 14.1. The van der Waals surface area contributed by atoms with Crippen molar-refractivity contribution in [2.45, 2.75) is 6.04 Å². The predicted octanol–water partition coefficient (Wildman–Crippen LogP) is 0.637. The van der Waals surface area contributed by atoms with Gasteiger partial charge in [0.2, 0.25) is 11.7 Å². The Kier molecular flexibility index (Phi) is 3.31. The normalized spacial score (nSPS) is 12.3. The van der Waals surface area contributed by atoms with Crippen molar-refractivity contribution in [3.05, 3.63) is 40.3 Å². The molecule has 0 aliphatic rings. The van der Waals surface area contributed by atoms with E-state index in [-0.39, 0.29) is 24.0 Å². The van der Waals surface area contributed by atoms with Crippen LogP contribution in [0.3, 0.4) is 0 Å². The van der Waals surface area contributed by atoms with E-state index >= 15 is 0 Å². The molecular formula is C10H10N4O4. The average molecular weight is 250 g/mol. The van der Waals surface area contributed by atoms with E-state index in [9.17, 15) is 10.1 Å². The maximum Gasteiger partial charge on any atom is 0.270 e. The number of nitro benzene ring substituents is 1. The molecule has 0 saturated carbocycles. The highest BCUT2D eigenvalue weighted by atomic mass is 16.6. The zero-order valence-corrected chi connectivity index (χ0v) is 9.18. The highest BCUT2D eigenvalue weighted by molar-refractivity contribution is 5.58. The largest absolute Gasteiger partial charge is 0.394 e. The van der Waals surface area contributed by atoms with E-state index < -0.39 is 11.0 Å². The van der Waals surface area contributed by atoms with Crippen molar-refractivity contribution in [3.8, 4) is 11.4 Å².